The number of hydrogen-bond donors (Lipinski definition) is 0. The van der Waals surface area contributed by atoms with Crippen molar-refractivity contribution in [3.05, 3.63) is 12.4 Å². The predicted molar refractivity (Wildman–Crippen MR) is 51.6 cm³/mol. The van der Waals surface area contributed by atoms with Crippen LogP contribution in [0.15, 0.2) is 12.4 Å². The number of rotatable bonds is 2. The van der Waals surface area contributed by atoms with Gasteiger partial charge < -0.3 is 4.57 Å². The Hall–Kier alpha value is -0.973. The Labute approximate surface area is 73.7 Å². The molecular weight excluding hydrogens is 168 g/mol. The third-order valence-corrected chi connectivity index (χ3v) is 3.99. The lowest BCUT2D eigenvalue weighted by atomic mass is 10.8. The highest BCUT2D eigenvalue weighted by molar-refractivity contribution is 6.79. The molecule has 1 rings (SSSR count). The summed E-state index contributed by atoms with van der Waals surface area (Å²) in [5.74, 6) is 0.719. The molecule has 0 bridgehead atoms. The summed E-state index contributed by atoms with van der Waals surface area (Å²) < 4.78 is 2.12. The Bertz CT molecular complexity index is 243. The van der Waals surface area contributed by atoms with Gasteiger partial charge in [-0.1, -0.05) is 19.6 Å². The third-order valence-electron chi connectivity index (χ3n) is 1.78. The topological polar surface area (TPSA) is 41.9 Å². The van der Waals surface area contributed by atoms with Crippen molar-refractivity contribution in [2.24, 2.45) is 0 Å². The molecule has 0 fully saturated rings. The monoisotopic (exact) mass is 182 g/mol. The van der Waals surface area contributed by atoms with Gasteiger partial charge in [0.15, 0.2) is 8.24 Å². The van der Waals surface area contributed by atoms with E-state index in [0.717, 1.165) is 5.95 Å². The Morgan fingerprint density at radius 1 is 1.25 bits per heavy atom. The molecule has 5 heteroatoms. The van der Waals surface area contributed by atoms with Crippen molar-refractivity contribution >= 4 is 14.2 Å². The third kappa shape index (κ3) is 2.01. The molecule has 0 aromatic carbocycles. The average molecular weight is 182 g/mol. The van der Waals surface area contributed by atoms with Gasteiger partial charge in [-0.2, -0.15) is 5.10 Å². The molecule has 0 radical (unpaired) electrons. The van der Waals surface area contributed by atoms with Crippen molar-refractivity contribution in [1.29, 1.82) is 0 Å². The van der Waals surface area contributed by atoms with E-state index in [2.05, 4.69) is 39.4 Å². The van der Waals surface area contributed by atoms with Crippen LogP contribution in [0.5, 0.6) is 0 Å². The minimum Gasteiger partial charge on any atom is -0.369 e. The first kappa shape index (κ1) is 9.12. The van der Waals surface area contributed by atoms with Gasteiger partial charge in [-0.15, -0.1) is 5.10 Å². The second kappa shape index (κ2) is 3.18. The minimum atomic E-state index is -1.33. The van der Waals surface area contributed by atoms with Crippen LogP contribution in [0.2, 0.25) is 19.6 Å². The molecule has 1 aromatic heterocycles. The second-order valence-corrected chi connectivity index (χ2v) is 8.69. The molecule has 1 aromatic rings. The van der Waals surface area contributed by atoms with Gasteiger partial charge >= 0.3 is 0 Å². The fourth-order valence-corrected chi connectivity index (χ4v) is 1.40. The number of hydrogen-bond acceptors (Lipinski definition) is 4. The van der Waals surface area contributed by atoms with E-state index < -0.39 is 8.24 Å². The molecule has 0 unspecified atom stereocenters. The molecule has 1 heterocycles. The molecule has 0 spiro atoms. The van der Waals surface area contributed by atoms with Crippen LogP contribution in [0.3, 0.4) is 0 Å². The van der Waals surface area contributed by atoms with Crippen molar-refractivity contribution in [2.45, 2.75) is 19.6 Å². The number of aromatic nitrogens is 3. The maximum Gasteiger partial charge on any atom is 0.237 e. The quantitative estimate of drug-likeness (QED) is 0.643. The molecular formula is C7H14N4Si. The molecule has 0 N–H and O–H groups in total. The first-order valence-electron chi connectivity index (χ1n) is 3.89. The van der Waals surface area contributed by atoms with Crippen LogP contribution in [-0.4, -0.2) is 30.5 Å². The predicted octanol–water partition coefficient (Wildman–Crippen LogP) is 1.14. The van der Waals surface area contributed by atoms with Crippen molar-refractivity contribution in [1.82, 2.24) is 15.2 Å². The summed E-state index contributed by atoms with van der Waals surface area (Å²) in [6.07, 6.45) is 3.25. The fraction of sp³-hybridized carbons (Fsp3) is 0.571. The summed E-state index contributed by atoms with van der Waals surface area (Å²) >= 11 is 0. The zero-order valence-corrected chi connectivity index (χ0v) is 8.94. The van der Waals surface area contributed by atoms with Gasteiger partial charge in [0.05, 0.1) is 12.4 Å². The van der Waals surface area contributed by atoms with E-state index in [-0.39, 0.29) is 0 Å². The van der Waals surface area contributed by atoms with E-state index in [1.54, 1.807) is 12.4 Å². The highest BCUT2D eigenvalue weighted by Crippen LogP contribution is 2.12. The lowest BCUT2D eigenvalue weighted by Gasteiger charge is -2.29. The summed E-state index contributed by atoms with van der Waals surface area (Å²) in [7, 11) is 0.684. The highest BCUT2D eigenvalue weighted by Gasteiger charge is 2.22. The van der Waals surface area contributed by atoms with E-state index in [1.807, 2.05) is 7.05 Å². The Balaban J connectivity index is 2.86. The van der Waals surface area contributed by atoms with Crippen LogP contribution in [0.25, 0.3) is 0 Å². The normalized spacial score (nSPS) is 11.3. The molecule has 0 aliphatic carbocycles. The summed E-state index contributed by atoms with van der Waals surface area (Å²) in [5.41, 5.74) is 0. The maximum atomic E-state index is 4.13. The van der Waals surface area contributed by atoms with E-state index in [0.29, 0.717) is 0 Å². The summed E-state index contributed by atoms with van der Waals surface area (Å²) in [6, 6.07) is 0. The van der Waals surface area contributed by atoms with E-state index in [9.17, 15) is 0 Å². The van der Waals surface area contributed by atoms with Crippen LogP contribution in [-0.2, 0) is 0 Å². The lowest BCUT2D eigenvalue weighted by Crippen LogP contribution is -2.44. The average Bonchev–Trinajstić information content (AvgIpc) is 2.03. The largest absolute Gasteiger partial charge is 0.369 e. The smallest absolute Gasteiger partial charge is 0.237 e. The van der Waals surface area contributed by atoms with Gasteiger partial charge in [0.25, 0.3) is 0 Å². The van der Waals surface area contributed by atoms with Gasteiger partial charge in [0.2, 0.25) is 5.95 Å². The summed E-state index contributed by atoms with van der Waals surface area (Å²) in [5, 5.41) is 7.73. The lowest BCUT2D eigenvalue weighted by molar-refractivity contribution is 0.937. The number of anilines is 1. The zero-order chi connectivity index (χ0) is 9.19. The van der Waals surface area contributed by atoms with Crippen LogP contribution in [0.1, 0.15) is 0 Å². The van der Waals surface area contributed by atoms with Gasteiger partial charge in [-0.05, 0) is 0 Å². The van der Waals surface area contributed by atoms with E-state index in [1.165, 1.54) is 0 Å². The van der Waals surface area contributed by atoms with E-state index in [4.69, 9.17) is 0 Å². The van der Waals surface area contributed by atoms with Crippen LogP contribution in [0, 0.1) is 0 Å². The van der Waals surface area contributed by atoms with Crippen molar-refractivity contribution < 1.29 is 0 Å². The highest BCUT2D eigenvalue weighted by atomic mass is 28.3. The second-order valence-electron chi connectivity index (χ2n) is 3.67. The minimum absolute atomic E-state index is 0.719. The van der Waals surface area contributed by atoms with Crippen molar-refractivity contribution in [2.75, 3.05) is 11.6 Å². The van der Waals surface area contributed by atoms with Gasteiger partial charge in [-0.25, -0.2) is 4.98 Å². The first-order valence-corrected chi connectivity index (χ1v) is 7.34. The standard InChI is InChI=1S/C7H14N4Si/c1-11(12(2,3)4)7-8-5-6-9-10-7/h5-6H,1-4H3. The summed E-state index contributed by atoms with van der Waals surface area (Å²) in [6.45, 7) is 6.72. The number of nitrogens with zero attached hydrogens (tertiary/aromatic N) is 4. The van der Waals surface area contributed by atoms with Crippen LogP contribution < -0.4 is 4.57 Å². The molecule has 4 nitrogen and oxygen atoms in total. The zero-order valence-electron chi connectivity index (χ0n) is 7.94. The Morgan fingerprint density at radius 3 is 2.33 bits per heavy atom. The SMILES string of the molecule is CN(c1nccnn1)[Si](C)(C)C. The molecule has 0 aliphatic rings. The molecule has 66 valence electrons. The molecule has 0 saturated heterocycles. The van der Waals surface area contributed by atoms with Crippen LogP contribution in [0.4, 0.5) is 5.95 Å². The van der Waals surface area contributed by atoms with Gasteiger partial charge in [-0.3, -0.25) is 0 Å². The Morgan fingerprint density at radius 2 is 1.92 bits per heavy atom. The fourth-order valence-electron chi connectivity index (χ4n) is 0.694. The summed E-state index contributed by atoms with van der Waals surface area (Å²) in [4.78, 5) is 4.13. The maximum absolute atomic E-state index is 4.13. The molecule has 0 atom stereocenters. The molecule has 0 amide bonds. The van der Waals surface area contributed by atoms with Crippen LogP contribution >= 0.6 is 0 Å². The van der Waals surface area contributed by atoms with E-state index >= 15 is 0 Å². The van der Waals surface area contributed by atoms with Gasteiger partial charge in [0.1, 0.15) is 0 Å². The van der Waals surface area contributed by atoms with Crippen molar-refractivity contribution in [3.8, 4) is 0 Å². The first-order chi connectivity index (χ1) is 5.52. The molecule has 0 aliphatic heterocycles. The Kier molecular flexibility index (Phi) is 2.42. The van der Waals surface area contributed by atoms with Gasteiger partial charge in [0, 0.05) is 7.05 Å². The molecule has 0 saturated carbocycles. The van der Waals surface area contributed by atoms with Crippen molar-refractivity contribution in [3.63, 3.8) is 0 Å². The molecule has 12 heavy (non-hydrogen) atoms.